The van der Waals surface area contributed by atoms with Crippen LogP contribution in [0.5, 0.6) is 0 Å². The number of unbranched alkanes of at least 4 members (excludes halogenated alkanes) is 1. The van der Waals surface area contributed by atoms with Gasteiger partial charge >= 0.3 is 5.97 Å². The Kier molecular flexibility index (Phi) is 9.70. The molecule has 2 heterocycles. The lowest BCUT2D eigenvalue weighted by atomic mass is 10.0. The van der Waals surface area contributed by atoms with Gasteiger partial charge in [-0.15, -0.1) is 0 Å². The van der Waals surface area contributed by atoms with Gasteiger partial charge in [-0.1, -0.05) is 13.8 Å². The Hall–Kier alpha value is -2.20. The molecule has 3 amide bonds. The minimum atomic E-state index is -1.12. The summed E-state index contributed by atoms with van der Waals surface area (Å²) in [6, 6.07) is -2.47. The number of nitrogens with one attached hydrogen (secondary N) is 2. The average Bonchev–Trinajstić information content (AvgIpc) is 3.38. The van der Waals surface area contributed by atoms with Crippen LogP contribution in [0.25, 0.3) is 0 Å². The number of carboxylic acid groups (broad SMARTS) is 1. The van der Waals surface area contributed by atoms with E-state index in [4.69, 9.17) is 5.73 Å². The summed E-state index contributed by atoms with van der Waals surface area (Å²) in [6.45, 7) is 5.28. The van der Waals surface area contributed by atoms with Gasteiger partial charge < -0.3 is 21.5 Å². The summed E-state index contributed by atoms with van der Waals surface area (Å²) < 4.78 is 0. The summed E-state index contributed by atoms with van der Waals surface area (Å²) >= 11 is 0. The highest BCUT2D eigenvalue weighted by atomic mass is 16.4. The van der Waals surface area contributed by atoms with Crippen molar-refractivity contribution >= 4 is 23.7 Å². The van der Waals surface area contributed by atoms with Crippen molar-refractivity contribution in [2.75, 3.05) is 19.6 Å². The van der Waals surface area contributed by atoms with Crippen LogP contribution in [0, 0.1) is 5.92 Å². The summed E-state index contributed by atoms with van der Waals surface area (Å²) in [4.78, 5) is 50.9. The highest BCUT2D eigenvalue weighted by molar-refractivity contribution is 5.93. The maximum atomic E-state index is 13.4. The van der Waals surface area contributed by atoms with Gasteiger partial charge in [-0.25, -0.2) is 9.80 Å². The fourth-order valence-electron chi connectivity index (χ4n) is 4.16. The van der Waals surface area contributed by atoms with Crippen molar-refractivity contribution in [1.29, 1.82) is 0 Å². The number of nitrogens with two attached hydrogens (primary N) is 1. The number of hydrogen-bond acceptors (Lipinski definition) is 6. The molecule has 2 rings (SSSR count). The van der Waals surface area contributed by atoms with Gasteiger partial charge in [0.1, 0.15) is 12.1 Å². The first-order valence-corrected chi connectivity index (χ1v) is 11.4. The molecule has 31 heavy (non-hydrogen) atoms. The quantitative estimate of drug-likeness (QED) is 0.318. The first-order valence-electron chi connectivity index (χ1n) is 11.4. The number of nitrogens with zero attached hydrogens (tertiary/aromatic N) is 2. The zero-order valence-electron chi connectivity index (χ0n) is 18.6. The van der Waals surface area contributed by atoms with E-state index in [1.165, 1.54) is 10.0 Å². The molecule has 2 saturated heterocycles. The van der Waals surface area contributed by atoms with E-state index < -0.39 is 30.0 Å². The van der Waals surface area contributed by atoms with Crippen molar-refractivity contribution in [1.82, 2.24) is 20.7 Å². The van der Waals surface area contributed by atoms with E-state index in [1.807, 2.05) is 13.8 Å². The molecule has 0 aromatic rings. The molecule has 2 fully saturated rings. The highest BCUT2D eigenvalue weighted by Gasteiger charge is 2.42. The molecule has 0 aromatic carbocycles. The number of hydrogen-bond donors (Lipinski definition) is 4. The molecule has 0 bridgehead atoms. The van der Waals surface area contributed by atoms with Gasteiger partial charge in [0.2, 0.25) is 11.8 Å². The van der Waals surface area contributed by atoms with Crippen LogP contribution in [-0.4, -0.2) is 76.6 Å². The monoisotopic (exact) mass is 439 g/mol. The second kappa shape index (κ2) is 12.0. The highest BCUT2D eigenvalue weighted by Crippen LogP contribution is 2.22. The number of aliphatic carboxylic acids is 1. The van der Waals surface area contributed by atoms with Crippen molar-refractivity contribution < 1.29 is 24.3 Å². The van der Waals surface area contributed by atoms with Crippen LogP contribution in [0.1, 0.15) is 65.2 Å². The Bertz CT molecular complexity index is 650. The van der Waals surface area contributed by atoms with E-state index in [1.54, 1.807) is 0 Å². The molecule has 2 aliphatic rings. The topological polar surface area (TPSA) is 145 Å². The van der Waals surface area contributed by atoms with E-state index in [0.717, 1.165) is 6.42 Å². The lowest BCUT2D eigenvalue weighted by Gasteiger charge is -2.39. The Balaban J connectivity index is 2.31. The molecule has 0 spiro atoms. The molecule has 0 radical (unpaired) electrons. The lowest BCUT2D eigenvalue weighted by molar-refractivity contribution is -0.170. The molecule has 0 saturated carbocycles. The third-order valence-electron chi connectivity index (χ3n) is 5.74. The van der Waals surface area contributed by atoms with Gasteiger partial charge in [0.15, 0.2) is 0 Å². The smallest absolute Gasteiger partial charge is 0.326 e. The van der Waals surface area contributed by atoms with Crippen LogP contribution in [-0.2, 0) is 19.2 Å². The fraction of sp³-hybridized carbons (Fsp3) is 0.810. The van der Waals surface area contributed by atoms with Crippen LogP contribution >= 0.6 is 0 Å². The number of carboxylic acids is 1. The number of carbonyl (C=O) groups excluding carboxylic acids is 3. The SMILES string of the molecule is CC(C)C[C@H](NC(=O)[C@H](CCCCN)N(C(=O)[C@@H]1CCCN1)N1CCCC1=O)C(=O)O. The summed E-state index contributed by atoms with van der Waals surface area (Å²) in [7, 11) is 0. The van der Waals surface area contributed by atoms with Crippen LogP contribution in [0.4, 0.5) is 0 Å². The van der Waals surface area contributed by atoms with Gasteiger partial charge in [-0.05, 0) is 64.0 Å². The molecule has 176 valence electrons. The molecule has 10 heteroatoms. The summed E-state index contributed by atoms with van der Waals surface area (Å²) in [5.41, 5.74) is 5.61. The molecule has 5 N–H and O–H groups in total. The van der Waals surface area contributed by atoms with Crippen molar-refractivity contribution in [2.45, 2.75) is 83.3 Å². The Morgan fingerprint density at radius 3 is 2.55 bits per heavy atom. The second-order valence-electron chi connectivity index (χ2n) is 8.78. The summed E-state index contributed by atoms with van der Waals surface area (Å²) in [5, 5.41) is 18.0. The largest absolute Gasteiger partial charge is 0.480 e. The number of carbonyl (C=O) groups is 4. The van der Waals surface area contributed by atoms with Crippen molar-refractivity contribution in [3.8, 4) is 0 Å². The van der Waals surface area contributed by atoms with Crippen molar-refractivity contribution in [3.63, 3.8) is 0 Å². The zero-order valence-corrected chi connectivity index (χ0v) is 18.6. The average molecular weight is 440 g/mol. The van der Waals surface area contributed by atoms with E-state index >= 15 is 0 Å². The molecule has 2 aliphatic heterocycles. The first kappa shape index (κ1) is 25.1. The van der Waals surface area contributed by atoms with Crippen molar-refractivity contribution in [2.24, 2.45) is 11.7 Å². The lowest BCUT2D eigenvalue weighted by Crippen LogP contribution is -2.62. The molecular formula is C21H37N5O5. The molecule has 0 aliphatic carbocycles. The van der Waals surface area contributed by atoms with Crippen molar-refractivity contribution in [3.05, 3.63) is 0 Å². The second-order valence-corrected chi connectivity index (χ2v) is 8.78. The van der Waals surface area contributed by atoms with Gasteiger partial charge in [0.05, 0.1) is 6.04 Å². The number of rotatable bonds is 12. The maximum absolute atomic E-state index is 13.4. The summed E-state index contributed by atoms with van der Waals surface area (Å²) in [5.74, 6) is -2.10. The third kappa shape index (κ3) is 6.90. The van der Waals surface area contributed by atoms with Crippen LogP contribution in [0.2, 0.25) is 0 Å². The predicted octanol–water partition coefficient (Wildman–Crippen LogP) is 0.218. The Labute approximate surface area is 183 Å². The van der Waals surface area contributed by atoms with Gasteiger partial charge in [-0.3, -0.25) is 19.4 Å². The van der Waals surface area contributed by atoms with E-state index in [2.05, 4.69) is 10.6 Å². The standard InChI is InChI=1S/C21H37N5O5/c1-14(2)13-16(21(30)31)24-19(28)17(8-3-4-10-22)26(25-12-6-9-18(25)27)20(29)15-7-5-11-23-15/h14-17,23H,3-13,22H2,1-2H3,(H,24,28)(H,30,31)/t15-,16-,17-/m0/s1. The minimum absolute atomic E-state index is 0.0673. The molecular weight excluding hydrogens is 402 g/mol. The van der Waals surface area contributed by atoms with Crippen LogP contribution in [0.15, 0.2) is 0 Å². The Morgan fingerprint density at radius 2 is 2.03 bits per heavy atom. The first-order chi connectivity index (χ1) is 14.8. The van der Waals surface area contributed by atoms with Crippen LogP contribution < -0.4 is 16.4 Å². The molecule has 0 unspecified atom stereocenters. The number of hydrazine groups is 1. The Morgan fingerprint density at radius 1 is 1.29 bits per heavy atom. The zero-order chi connectivity index (χ0) is 23.0. The van der Waals surface area contributed by atoms with E-state index in [9.17, 15) is 24.3 Å². The molecule has 3 atom stereocenters. The number of amides is 3. The fourth-order valence-corrected chi connectivity index (χ4v) is 4.16. The predicted molar refractivity (Wildman–Crippen MR) is 115 cm³/mol. The summed E-state index contributed by atoms with van der Waals surface area (Å²) in [6.07, 6.45) is 4.25. The molecule has 0 aromatic heterocycles. The van der Waals surface area contributed by atoms with E-state index in [0.29, 0.717) is 58.2 Å². The minimum Gasteiger partial charge on any atom is -0.480 e. The normalized spacial score (nSPS) is 20.7. The third-order valence-corrected chi connectivity index (χ3v) is 5.74. The maximum Gasteiger partial charge on any atom is 0.326 e. The van der Waals surface area contributed by atoms with Gasteiger partial charge in [-0.2, -0.15) is 0 Å². The van der Waals surface area contributed by atoms with Gasteiger partial charge in [0.25, 0.3) is 5.91 Å². The van der Waals surface area contributed by atoms with Gasteiger partial charge in [0, 0.05) is 13.0 Å². The van der Waals surface area contributed by atoms with E-state index in [-0.39, 0.29) is 24.2 Å². The molecule has 10 nitrogen and oxygen atoms in total. The van der Waals surface area contributed by atoms with Crippen LogP contribution in [0.3, 0.4) is 0 Å².